The molecule has 11 nitrogen and oxygen atoms in total. The van der Waals surface area contributed by atoms with Crippen molar-refractivity contribution in [1.82, 2.24) is 4.90 Å². The molecule has 2 saturated heterocycles. The summed E-state index contributed by atoms with van der Waals surface area (Å²) in [4.78, 5) is 56.4. The van der Waals surface area contributed by atoms with E-state index in [1.54, 1.807) is 26.0 Å². The van der Waals surface area contributed by atoms with E-state index in [1.807, 2.05) is 0 Å². The van der Waals surface area contributed by atoms with Gasteiger partial charge in [0.25, 0.3) is 5.91 Å². The number of methoxy groups -OCH3 is 2. The Balaban J connectivity index is 1.83. The van der Waals surface area contributed by atoms with E-state index in [0.717, 1.165) is 0 Å². The Hall–Kier alpha value is -3.18. The van der Waals surface area contributed by atoms with Crippen molar-refractivity contribution in [2.24, 2.45) is 5.41 Å². The number of fused-ring (bicyclic) bond motifs is 1. The molecule has 1 saturated carbocycles. The lowest BCUT2D eigenvalue weighted by Crippen LogP contribution is -2.67. The Kier molecular flexibility index (Phi) is 6.18. The molecule has 1 aromatic rings. The number of esters is 2. The van der Waals surface area contributed by atoms with Gasteiger partial charge in [0.15, 0.2) is 22.7 Å². The molecule has 3 atom stereocenters. The highest BCUT2D eigenvalue weighted by atomic mass is 16.7. The van der Waals surface area contributed by atoms with Gasteiger partial charge in [-0.15, -0.1) is 0 Å². The number of carbonyl (C=O) groups excluding carboxylic acids is 4. The molecular weight excluding hydrogens is 486 g/mol. The molecule has 5 rings (SSSR count). The second kappa shape index (κ2) is 8.98. The van der Waals surface area contributed by atoms with E-state index in [2.05, 4.69) is 0 Å². The summed E-state index contributed by atoms with van der Waals surface area (Å²) in [6.07, 6.45) is 0.256. The first-order valence-corrected chi connectivity index (χ1v) is 12.5. The van der Waals surface area contributed by atoms with E-state index in [4.69, 9.17) is 28.4 Å². The normalized spacial score (nSPS) is 29.4. The van der Waals surface area contributed by atoms with Crippen LogP contribution < -0.4 is 9.47 Å². The second-order valence-corrected chi connectivity index (χ2v) is 9.61. The molecule has 1 aromatic carbocycles. The lowest BCUT2D eigenvalue weighted by atomic mass is 9.54. The minimum Gasteiger partial charge on any atom is -0.493 e. The van der Waals surface area contributed by atoms with Crippen LogP contribution in [0, 0.1) is 5.41 Å². The van der Waals surface area contributed by atoms with Crippen LogP contribution in [0.15, 0.2) is 12.1 Å². The maximum absolute atomic E-state index is 14.1. The van der Waals surface area contributed by atoms with E-state index < -0.39 is 46.4 Å². The topological polar surface area (TPSA) is 127 Å². The summed E-state index contributed by atoms with van der Waals surface area (Å²) in [5.41, 5.74) is -2.38. The summed E-state index contributed by atoms with van der Waals surface area (Å²) in [7, 11) is 2.97. The Morgan fingerprint density at radius 3 is 2.27 bits per heavy atom. The van der Waals surface area contributed by atoms with E-state index in [1.165, 1.54) is 19.1 Å². The molecule has 1 amide bonds. The Labute approximate surface area is 214 Å². The maximum Gasteiger partial charge on any atom is 0.329 e. The van der Waals surface area contributed by atoms with E-state index in [-0.39, 0.29) is 38.9 Å². The molecule has 0 aromatic heterocycles. The molecular formula is C26H31NO10. The number of nitrogens with zero attached hydrogens (tertiary/aromatic N) is 1. The highest BCUT2D eigenvalue weighted by molar-refractivity contribution is 6.45. The van der Waals surface area contributed by atoms with Crippen molar-refractivity contribution >= 4 is 23.6 Å². The lowest BCUT2D eigenvalue weighted by molar-refractivity contribution is -0.233. The standard InChI is InChI=1S/C26H31NO10/c1-5-34-22(30)17-11-15-12-18(32-3)19(33-4)13-16(15)26-8-7-24(36-9-10-37-24)14-25(26,23(31)35-6-2)20(28)21(29)27(17)26/h12-13,17H,5-11,14H2,1-4H3/t17-,25+,26-/m0/s1. The van der Waals surface area contributed by atoms with Crippen molar-refractivity contribution < 1.29 is 47.6 Å². The Bertz CT molecular complexity index is 1160. The number of rotatable bonds is 6. The van der Waals surface area contributed by atoms with Gasteiger partial charge in [0.05, 0.1) is 46.2 Å². The monoisotopic (exact) mass is 517 g/mol. The van der Waals surface area contributed by atoms with Gasteiger partial charge < -0.3 is 33.3 Å². The fourth-order valence-electron chi connectivity index (χ4n) is 6.72. The molecule has 1 aliphatic carbocycles. The number of Topliss-reactive ketones (excluding diaryl/α,β-unsaturated/α-hetero) is 1. The van der Waals surface area contributed by atoms with Crippen LogP contribution in [0.2, 0.25) is 0 Å². The average molecular weight is 518 g/mol. The summed E-state index contributed by atoms with van der Waals surface area (Å²) in [6, 6.07) is 2.29. The molecule has 0 bridgehead atoms. The van der Waals surface area contributed by atoms with Crippen molar-refractivity contribution in [3.63, 3.8) is 0 Å². The second-order valence-electron chi connectivity index (χ2n) is 9.61. The van der Waals surface area contributed by atoms with E-state index >= 15 is 0 Å². The average Bonchev–Trinajstić information content (AvgIpc) is 3.43. The smallest absolute Gasteiger partial charge is 0.329 e. The third-order valence-electron chi connectivity index (χ3n) is 8.10. The summed E-state index contributed by atoms with van der Waals surface area (Å²) in [6.45, 7) is 3.97. The van der Waals surface area contributed by atoms with Gasteiger partial charge in [-0.1, -0.05) is 0 Å². The zero-order valence-corrected chi connectivity index (χ0v) is 21.4. The van der Waals surface area contributed by atoms with Gasteiger partial charge in [-0.25, -0.2) is 4.79 Å². The van der Waals surface area contributed by atoms with Crippen LogP contribution in [-0.4, -0.2) is 81.0 Å². The summed E-state index contributed by atoms with van der Waals surface area (Å²) >= 11 is 0. The molecule has 3 heterocycles. The van der Waals surface area contributed by atoms with Crippen LogP contribution in [0.25, 0.3) is 0 Å². The Morgan fingerprint density at radius 2 is 1.65 bits per heavy atom. The van der Waals surface area contributed by atoms with Gasteiger partial charge in [0, 0.05) is 19.3 Å². The first-order chi connectivity index (χ1) is 17.7. The van der Waals surface area contributed by atoms with Crippen molar-refractivity contribution in [3.8, 4) is 11.5 Å². The molecule has 11 heteroatoms. The largest absolute Gasteiger partial charge is 0.493 e. The SMILES string of the molecule is CCOC(=O)[C@@H]1Cc2cc(OC)c(OC)cc2[C@@]23CCC4(C[C@]2(C(=O)OCC)C(=O)C(=O)N13)OCCO4. The van der Waals surface area contributed by atoms with Gasteiger partial charge in [-0.2, -0.15) is 0 Å². The molecule has 3 fully saturated rings. The number of carbonyl (C=O) groups is 4. The van der Waals surface area contributed by atoms with Crippen LogP contribution in [0.5, 0.6) is 11.5 Å². The third-order valence-corrected chi connectivity index (χ3v) is 8.10. The van der Waals surface area contributed by atoms with Crippen LogP contribution in [-0.2, 0) is 50.1 Å². The fraction of sp³-hybridized carbons (Fsp3) is 0.615. The summed E-state index contributed by atoms with van der Waals surface area (Å²) in [5, 5.41) is 0. The number of hydrogen-bond donors (Lipinski definition) is 0. The van der Waals surface area contributed by atoms with Gasteiger partial charge >= 0.3 is 11.9 Å². The molecule has 3 aliphatic heterocycles. The number of hydrogen-bond acceptors (Lipinski definition) is 10. The minimum atomic E-state index is -2.01. The van der Waals surface area contributed by atoms with Crippen molar-refractivity contribution in [2.45, 2.75) is 56.9 Å². The predicted octanol–water partition coefficient (Wildman–Crippen LogP) is 1.27. The van der Waals surface area contributed by atoms with Crippen LogP contribution in [0.1, 0.15) is 44.2 Å². The number of benzene rings is 1. The molecule has 200 valence electrons. The number of amides is 1. The van der Waals surface area contributed by atoms with Crippen molar-refractivity contribution in [1.29, 1.82) is 0 Å². The van der Waals surface area contributed by atoms with Crippen molar-refractivity contribution in [3.05, 3.63) is 23.3 Å². The predicted molar refractivity (Wildman–Crippen MR) is 125 cm³/mol. The number of ketones is 1. The van der Waals surface area contributed by atoms with Crippen molar-refractivity contribution in [2.75, 3.05) is 40.6 Å². The molecule has 37 heavy (non-hydrogen) atoms. The van der Waals surface area contributed by atoms with Gasteiger partial charge in [0.1, 0.15) is 6.04 Å². The molecule has 4 aliphatic rings. The first kappa shape index (κ1) is 25.5. The first-order valence-electron chi connectivity index (χ1n) is 12.5. The minimum absolute atomic E-state index is 0.00700. The molecule has 0 radical (unpaired) electrons. The van der Waals surface area contributed by atoms with Crippen LogP contribution in [0.3, 0.4) is 0 Å². The third kappa shape index (κ3) is 3.26. The van der Waals surface area contributed by atoms with E-state index in [9.17, 15) is 19.2 Å². The highest BCUT2D eigenvalue weighted by Gasteiger charge is 2.80. The van der Waals surface area contributed by atoms with E-state index in [0.29, 0.717) is 35.8 Å². The summed E-state index contributed by atoms with van der Waals surface area (Å²) in [5.74, 6) is -3.82. The van der Waals surface area contributed by atoms with Gasteiger partial charge in [0.2, 0.25) is 5.78 Å². The van der Waals surface area contributed by atoms with Gasteiger partial charge in [-0.05, 0) is 43.5 Å². The van der Waals surface area contributed by atoms with Crippen LogP contribution in [0.4, 0.5) is 0 Å². The highest BCUT2D eigenvalue weighted by Crippen LogP contribution is 2.66. The Morgan fingerprint density at radius 1 is 1.00 bits per heavy atom. The number of ether oxygens (including phenoxy) is 6. The van der Waals surface area contributed by atoms with Crippen LogP contribution >= 0.6 is 0 Å². The fourth-order valence-corrected chi connectivity index (χ4v) is 6.72. The molecule has 0 N–H and O–H groups in total. The summed E-state index contributed by atoms with van der Waals surface area (Å²) < 4.78 is 33.8. The quantitative estimate of drug-likeness (QED) is 0.309. The lowest BCUT2D eigenvalue weighted by Gasteiger charge is -2.56. The molecule has 0 unspecified atom stereocenters. The maximum atomic E-state index is 14.1. The molecule has 2 spiro atoms. The zero-order valence-electron chi connectivity index (χ0n) is 21.4. The zero-order chi connectivity index (χ0) is 26.6. The van der Waals surface area contributed by atoms with Gasteiger partial charge in [-0.3, -0.25) is 14.4 Å².